The van der Waals surface area contributed by atoms with Crippen LogP contribution in [0.25, 0.3) is 0 Å². The summed E-state index contributed by atoms with van der Waals surface area (Å²) >= 11 is 0. The Labute approximate surface area is 119 Å². The predicted octanol–water partition coefficient (Wildman–Crippen LogP) is 2.36. The van der Waals surface area contributed by atoms with Crippen LogP contribution in [-0.2, 0) is 16.6 Å². The molecule has 0 saturated carbocycles. The lowest BCUT2D eigenvalue weighted by Gasteiger charge is -2.10. The minimum atomic E-state index is -3.52. The lowest BCUT2D eigenvalue weighted by molar-refractivity contribution is 0.580. The number of hydrogen-bond acceptors (Lipinski definition) is 3. The van der Waals surface area contributed by atoms with E-state index in [0.717, 1.165) is 11.1 Å². The summed E-state index contributed by atoms with van der Waals surface area (Å²) < 4.78 is 27.2. The van der Waals surface area contributed by atoms with Gasteiger partial charge in [0.2, 0.25) is 10.0 Å². The molecule has 0 radical (unpaired) electrons. The maximum absolute atomic E-state index is 12.3. The summed E-state index contributed by atoms with van der Waals surface area (Å²) in [5, 5.41) is 0. The second-order valence-corrected chi connectivity index (χ2v) is 6.57. The summed E-state index contributed by atoms with van der Waals surface area (Å²) in [5.41, 5.74) is 8.87. The molecule has 0 aromatic heterocycles. The van der Waals surface area contributed by atoms with Crippen molar-refractivity contribution in [2.45, 2.75) is 25.3 Å². The highest BCUT2D eigenvalue weighted by Gasteiger charge is 2.16. The van der Waals surface area contributed by atoms with Crippen LogP contribution in [0, 0.1) is 13.8 Å². The molecular weight excluding hydrogens is 272 g/mol. The Bertz CT molecular complexity index is 724. The van der Waals surface area contributed by atoms with E-state index in [1.807, 2.05) is 31.2 Å². The molecule has 0 spiro atoms. The summed E-state index contributed by atoms with van der Waals surface area (Å²) in [6, 6.07) is 12.5. The molecule has 2 aromatic rings. The minimum absolute atomic E-state index is 0.263. The lowest BCUT2D eigenvalue weighted by Crippen LogP contribution is -2.24. The smallest absolute Gasteiger partial charge is 0.241 e. The number of sulfonamides is 1. The Morgan fingerprint density at radius 1 is 1.10 bits per heavy atom. The van der Waals surface area contributed by atoms with Gasteiger partial charge in [0.15, 0.2) is 0 Å². The van der Waals surface area contributed by atoms with Gasteiger partial charge < -0.3 is 5.73 Å². The van der Waals surface area contributed by atoms with Gasteiger partial charge in [0.05, 0.1) is 4.90 Å². The van der Waals surface area contributed by atoms with Gasteiger partial charge in [-0.1, -0.05) is 29.8 Å². The van der Waals surface area contributed by atoms with Crippen LogP contribution in [0.15, 0.2) is 47.4 Å². The molecule has 0 atom stereocenters. The number of anilines is 1. The summed E-state index contributed by atoms with van der Waals surface area (Å²) in [5.74, 6) is 0. The van der Waals surface area contributed by atoms with Crippen molar-refractivity contribution < 1.29 is 8.42 Å². The van der Waals surface area contributed by atoms with Crippen molar-refractivity contribution in [2.75, 3.05) is 5.73 Å². The average Bonchev–Trinajstić information content (AvgIpc) is 2.36. The third-order valence-electron chi connectivity index (χ3n) is 3.04. The monoisotopic (exact) mass is 290 g/mol. The number of nitrogen functional groups attached to an aromatic ring is 1. The molecule has 0 unspecified atom stereocenters. The van der Waals surface area contributed by atoms with Gasteiger partial charge in [-0.05, 0) is 43.2 Å². The van der Waals surface area contributed by atoms with Gasteiger partial charge in [0.1, 0.15) is 0 Å². The van der Waals surface area contributed by atoms with E-state index in [1.165, 1.54) is 6.07 Å². The van der Waals surface area contributed by atoms with E-state index in [-0.39, 0.29) is 11.4 Å². The van der Waals surface area contributed by atoms with E-state index in [0.29, 0.717) is 11.3 Å². The van der Waals surface area contributed by atoms with Crippen LogP contribution in [0.4, 0.5) is 5.69 Å². The largest absolute Gasteiger partial charge is 0.399 e. The molecule has 0 heterocycles. The third-order valence-corrected chi connectivity index (χ3v) is 4.60. The molecule has 2 aromatic carbocycles. The van der Waals surface area contributed by atoms with Crippen LogP contribution in [0.5, 0.6) is 0 Å². The maximum atomic E-state index is 12.3. The van der Waals surface area contributed by atoms with E-state index in [9.17, 15) is 8.42 Å². The molecule has 106 valence electrons. The molecular formula is C15H18N2O2S. The number of rotatable bonds is 4. The number of aryl methyl sites for hydroxylation is 2. The Balaban J connectivity index is 2.19. The molecule has 0 amide bonds. The Hall–Kier alpha value is -1.85. The van der Waals surface area contributed by atoms with Crippen LogP contribution in [-0.4, -0.2) is 8.42 Å². The van der Waals surface area contributed by atoms with Crippen LogP contribution < -0.4 is 10.5 Å². The number of nitrogens with one attached hydrogen (secondary N) is 1. The van der Waals surface area contributed by atoms with Gasteiger partial charge in [0.25, 0.3) is 0 Å². The summed E-state index contributed by atoms with van der Waals surface area (Å²) in [6.07, 6.45) is 0. The minimum Gasteiger partial charge on any atom is -0.399 e. The van der Waals surface area contributed by atoms with Crippen molar-refractivity contribution in [1.29, 1.82) is 0 Å². The van der Waals surface area contributed by atoms with Crippen LogP contribution in [0.1, 0.15) is 16.7 Å². The molecule has 0 aliphatic carbocycles. The Kier molecular flexibility index (Phi) is 4.11. The number of benzene rings is 2. The highest BCUT2D eigenvalue weighted by atomic mass is 32.2. The van der Waals surface area contributed by atoms with Crippen molar-refractivity contribution in [3.05, 3.63) is 59.2 Å². The standard InChI is InChI=1S/C15H18N2O2S/c1-11-4-3-5-13(8-11)10-17-20(18,19)15-7-6-14(16)9-12(15)2/h3-9,17H,10,16H2,1-2H3. The Morgan fingerprint density at radius 3 is 2.50 bits per heavy atom. The second-order valence-electron chi connectivity index (χ2n) is 4.84. The normalized spacial score (nSPS) is 11.5. The topological polar surface area (TPSA) is 72.2 Å². The number of hydrogen-bond donors (Lipinski definition) is 2. The average molecular weight is 290 g/mol. The molecule has 4 nitrogen and oxygen atoms in total. The SMILES string of the molecule is Cc1cccc(CNS(=O)(=O)c2ccc(N)cc2C)c1. The van der Waals surface area contributed by atoms with Gasteiger partial charge in [-0.15, -0.1) is 0 Å². The van der Waals surface area contributed by atoms with Crippen molar-refractivity contribution in [3.8, 4) is 0 Å². The summed E-state index contributed by atoms with van der Waals surface area (Å²) in [7, 11) is -3.52. The molecule has 0 bridgehead atoms. The summed E-state index contributed by atoms with van der Waals surface area (Å²) in [4.78, 5) is 0.263. The summed E-state index contributed by atoms with van der Waals surface area (Å²) in [6.45, 7) is 3.98. The van der Waals surface area contributed by atoms with Crippen LogP contribution >= 0.6 is 0 Å². The molecule has 0 saturated heterocycles. The zero-order valence-electron chi connectivity index (χ0n) is 11.6. The highest BCUT2D eigenvalue weighted by molar-refractivity contribution is 7.89. The van der Waals surface area contributed by atoms with E-state index in [4.69, 9.17) is 5.73 Å². The van der Waals surface area contributed by atoms with Gasteiger partial charge in [0, 0.05) is 12.2 Å². The lowest BCUT2D eigenvalue weighted by atomic mass is 10.1. The molecule has 0 aliphatic rings. The fourth-order valence-electron chi connectivity index (χ4n) is 2.05. The van der Waals surface area contributed by atoms with Crippen LogP contribution in [0.3, 0.4) is 0 Å². The van der Waals surface area contributed by atoms with Gasteiger partial charge in [-0.2, -0.15) is 0 Å². The van der Waals surface area contributed by atoms with Gasteiger partial charge >= 0.3 is 0 Å². The fourth-order valence-corrected chi connectivity index (χ4v) is 3.29. The third kappa shape index (κ3) is 3.37. The van der Waals surface area contributed by atoms with Gasteiger partial charge in [-0.3, -0.25) is 0 Å². The van der Waals surface area contributed by atoms with E-state index in [2.05, 4.69) is 4.72 Å². The fraction of sp³-hybridized carbons (Fsp3) is 0.200. The number of nitrogens with two attached hydrogens (primary N) is 1. The van der Waals surface area contributed by atoms with Gasteiger partial charge in [-0.25, -0.2) is 13.1 Å². The molecule has 0 aliphatic heterocycles. The molecule has 20 heavy (non-hydrogen) atoms. The second kappa shape index (κ2) is 5.64. The molecule has 3 N–H and O–H groups in total. The molecule has 5 heteroatoms. The first kappa shape index (κ1) is 14.6. The zero-order chi connectivity index (χ0) is 14.8. The zero-order valence-corrected chi connectivity index (χ0v) is 12.4. The van der Waals surface area contributed by atoms with E-state index >= 15 is 0 Å². The predicted molar refractivity (Wildman–Crippen MR) is 80.8 cm³/mol. The first-order valence-electron chi connectivity index (χ1n) is 6.30. The maximum Gasteiger partial charge on any atom is 0.241 e. The first-order chi connectivity index (χ1) is 9.38. The van der Waals surface area contributed by atoms with Crippen LogP contribution in [0.2, 0.25) is 0 Å². The van der Waals surface area contributed by atoms with Crippen molar-refractivity contribution in [2.24, 2.45) is 0 Å². The highest BCUT2D eigenvalue weighted by Crippen LogP contribution is 2.18. The molecule has 0 fully saturated rings. The Morgan fingerprint density at radius 2 is 1.85 bits per heavy atom. The van der Waals surface area contributed by atoms with Crippen molar-refractivity contribution in [1.82, 2.24) is 4.72 Å². The van der Waals surface area contributed by atoms with Crippen molar-refractivity contribution >= 4 is 15.7 Å². The van der Waals surface area contributed by atoms with E-state index in [1.54, 1.807) is 19.1 Å². The van der Waals surface area contributed by atoms with Crippen molar-refractivity contribution in [3.63, 3.8) is 0 Å². The van der Waals surface area contributed by atoms with E-state index < -0.39 is 10.0 Å². The molecule has 2 rings (SSSR count). The first-order valence-corrected chi connectivity index (χ1v) is 7.78. The quantitative estimate of drug-likeness (QED) is 0.849.